The Bertz CT molecular complexity index is 784. The van der Waals surface area contributed by atoms with Crippen LogP contribution in [0.15, 0.2) is 50.5 Å². The van der Waals surface area contributed by atoms with Crippen molar-refractivity contribution >= 4 is 34.7 Å². The molecule has 0 atom stereocenters. The van der Waals surface area contributed by atoms with Gasteiger partial charge < -0.3 is 9.84 Å². The quantitative estimate of drug-likeness (QED) is 0.682. The summed E-state index contributed by atoms with van der Waals surface area (Å²) in [6, 6.07) is 9.69. The Morgan fingerprint density at radius 2 is 2.30 bits per heavy atom. The molecule has 0 saturated carbocycles. The van der Waals surface area contributed by atoms with E-state index in [2.05, 4.69) is 15.5 Å². The topological polar surface area (TPSA) is 68.0 Å². The first-order chi connectivity index (χ1) is 11.2. The maximum Gasteiger partial charge on any atom is 0.227 e. The third-order valence-corrected chi connectivity index (χ3v) is 4.58. The average Bonchev–Trinajstić information content (AvgIpc) is 3.24. The second-order valence-corrected chi connectivity index (χ2v) is 6.46. The highest BCUT2D eigenvalue weighted by Crippen LogP contribution is 2.20. The normalized spacial score (nSPS) is 10.7. The van der Waals surface area contributed by atoms with Crippen molar-refractivity contribution in [3.63, 3.8) is 0 Å². The molecule has 0 saturated heterocycles. The molecule has 3 aromatic rings. The summed E-state index contributed by atoms with van der Waals surface area (Å²) in [5.74, 6) is 0.965. The van der Waals surface area contributed by atoms with Gasteiger partial charge >= 0.3 is 0 Å². The fraction of sp³-hybridized carbons (Fsp3) is 0.188. The minimum Gasteiger partial charge on any atom is -0.339 e. The van der Waals surface area contributed by atoms with Crippen molar-refractivity contribution in [2.24, 2.45) is 0 Å². The molecule has 1 amide bonds. The zero-order valence-corrected chi connectivity index (χ0v) is 14.1. The number of benzene rings is 1. The number of carbonyl (C=O) groups is 1. The highest BCUT2D eigenvalue weighted by Gasteiger charge is 2.11. The number of aromatic nitrogens is 2. The Morgan fingerprint density at radius 1 is 1.39 bits per heavy atom. The molecule has 2 heterocycles. The molecule has 5 nitrogen and oxygen atoms in total. The van der Waals surface area contributed by atoms with E-state index in [-0.39, 0.29) is 5.91 Å². The van der Waals surface area contributed by atoms with E-state index in [1.54, 1.807) is 23.1 Å². The second-order valence-electron chi connectivity index (χ2n) is 4.80. The van der Waals surface area contributed by atoms with Crippen molar-refractivity contribution in [1.29, 1.82) is 0 Å². The van der Waals surface area contributed by atoms with Crippen molar-refractivity contribution in [3.8, 4) is 11.4 Å². The monoisotopic (exact) mass is 345 g/mol. The number of carbonyl (C=O) groups excluding carboxylic acids is 1. The number of rotatable bonds is 6. The van der Waals surface area contributed by atoms with Crippen molar-refractivity contribution in [1.82, 2.24) is 10.1 Å². The van der Waals surface area contributed by atoms with E-state index in [1.165, 1.54) is 0 Å². The third-order valence-electron chi connectivity index (χ3n) is 3.17. The standard InChI is InChI=1S/C16H15N3O2S2/c1-22-13-4-2-3-12(9-13)17-14(20)5-6-15-18-16(19-21-15)11-7-8-23-10-11/h2-4,7-10H,5-6H2,1H3,(H,17,20). The number of aryl methyl sites for hydroxylation is 1. The molecule has 1 aromatic carbocycles. The molecule has 0 spiro atoms. The van der Waals surface area contributed by atoms with Crippen LogP contribution in [0.2, 0.25) is 0 Å². The first-order valence-corrected chi connectivity index (χ1v) is 9.20. The van der Waals surface area contributed by atoms with Crippen molar-refractivity contribution < 1.29 is 9.32 Å². The molecule has 2 aromatic heterocycles. The van der Waals surface area contributed by atoms with E-state index < -0.39 is 0 Å². The molecule has 1 N–H and O–H groups in total. The first-order valence-electron chi connectivity index (χ1n) is 7.03. The maximum absolute atomic E-state index is 12.0. The van der Waals surface area contributed by atoms with Crippen LogP contribution < -0.4 is 5.32 Å². The minimum absolute atomic E-state index is 0.0708. The lowest BCUT2D eigenvalue weighted by molar-refractivity contribution is -0.116. The fourth-order valence-corrected chi connectivity index (χ4v) is 3.10. The summed E-state index contributed by atoms with van der Waals surface area (Å²) in [7, 11) is 0. The van der Waals surface area contributed by atoms with Gasteiger partial charge in [0.05, 0.1) is 0 Å². The van der Waals surface area contributed by atoms with E-state index >= 15 is 0 Å². The summed E-state index contributed by atoms with van der Waals surface area (Å²) in [4.78, 5) is 17.4. The molecule has 118 valence electrons. The molecule has 23 heavy (non-hydrogen) atoms. The molecule has 3 rings (SSSR count). The molecule has 0 unspecified atom stereocenters. The predicted octanol–water partition coefficient (Wildman–Crippen LogP) is 4.09. The lowest BCUT2D eigenvalue weighted by atomic mass is 10.2. The van der Waals surface area contributed by atoms with E-state index in [0.717, 1.165) is 16.1 Å². The van der Waals surface area contributed by atoms with Gasteiger partial charge in [0.2, 0.25) is 17.6 Å². The fourth-order valence-electron chi connectivity index (χ4n) is 2.01. The summed E-state index contributed by atoms with van der Waals surface area (Å²) in [6.07, 6.45) is 2.72. The first kappa shape index (κ1) is 15.8. The van der Waals surface area contributed by atoms with Gasteiger partial charge in [0.15, 0.2) is 0 Å². The zero-order chi connectivity index (χ0) is 16.1. The lowest BCUT2D eigenvalue weighted by Crippen LogP contribution is -2.12. The third kappa shape index (κ3) is 4.20. The summed E-state index contributed by atoms with van der Waals surface area (Å²) in [5, 5.41) is 10.7. The molecular weight excluding hydrogens is 330 g/mol. The number of nitrogens with zero attached hydrogens (tertiary/aromatic N) is 2. The average molecular weight is 345 g/mol. The van der Waals surface area contributed by atoms with Gasteiger partial charge in [-0.3, -0.25) is 4.79 Å². The van der Waals surface area contributed by atoms with Crippen LogP contribution in [0.5, 0.6) is 0 Å². The highest BCUT2D eigenvalue weighted by atomic mass is 32.2. The molecule has 0 aliphatic rings. The summed E-state index contributed by atoms with van der Waals surface area (Å²) in [6.45, 7) is 0. The number of nitrogens with one attached hydrogen (secondary N) is 1. The lowest BCUT2D eigenvalue weighted by Gasteiger charge is -2.05. The van der Waals surface area contributed by atoms with Crippen LogP contribution in [-0.2, 0) is 11.2 Å². The molecule has 0 radical (unpaired) electrons. The second kappa shape index (κ2) is 7.43. The van der Waals surface area contributed by atoms with Gasteiger partial charge in [-0.25, -0.2) is 0 Å². The van der Waals surface area contributed by atoms with Crippen LogP contribution in [0.25, 0.3) is 11.4 Å². The molecule has 0 fully saturated rings. The van der Waals surface area contributed by atoms with Crippen molar-refractivity contribution in [2.45, 2.75) is 17.7 Å². The van der Waals surface area contributed by atoms with Crippen LogP contribution in [0.4, 0.5) is 5.69 Å². The van der Waals surface area contributed by atoms with Gasteiger partial charge in [0, 0.05) is 34.4 Å². The number of amides is 1. The van der Waals surface area contributed by atoms with Gasteiger partial charge in [0.1, 0.15) is 0 Å². The van der Waals surface area contributed by atoms with E-state index in [1.807, 2.05) is 47.3 Å². The van der Waals surface area contributed by atoms with Crippen LogP contribution in [0.1, 0.15) is 12.3 Å². The Kier molecular flexibility index (Phi) is 5.09. The molecule has 0 aliphatic carbocycles. The number of thioether (sulfide) groups is 1. The van der Waals surface area contributed by atoms with Gasteiger partial charge in [0.25, 0.3) is 0 Å². The summed E-state index contributed by atoms with van der Waals surface area (Å²) >= 11 is 3.22. The van der Waals surface area contributed by atoms with E-state index in [4.69, 9.17) is 4.52 Å². The maximum atomic E-state index is 12.0. The number of hydrogen-bond acceptors (Lipinski definition) is 6. The van der Waals surface area contributed by atoms with Crippen LogP contribution in [-0.4, -0.2) is 22.3 Å². The largest absolute Gasteiger partial charge is 0.339 e. The van der Waals surface area contributed by atoms with Gasteiger partial charge in [-0.2, -0.15) is 16.3 Å². The Hall–Kier alpha value is -2.12. The van der Waals surface area contributed by atoms with Gasteiger partial charge in [-0.1, -0.05) is 11.2 Å². The Balaban J connectivity index is 1.54. The van der Waals surface area contributed by atoms with Gasteiger partial charge in [-0.05, 0) is 35.9 Å². The van der Waals surface area contributed by atoms with Crippen LogP contribution in [0, 0.1) is 0 Å². The summed E-state index contributed by atoms with van der Waals surface area (Å²) < 4.78 is 5.19. The molecule has 7 heteroatoms. The SMILES string of the molecule is CSc1cccc(NC(=O)CCc2nc(-c3ccsc3)no2)c1. The molecule has 0 aliphatic heterocycles. The van der Waals surface area contributed by atoms with Crippen molar-refractivity contribution in [2.75, 3.05) is 11.6 Å². The Morgan fingerprint density at radius 3 is 3.09 bits per heavy atom. The predicted molar refractivity (Wildman–Crippen MR) is 92.8 cm³/mol. The van der Waals surface area contributed by atoms with Crippen molar-refractivity contribution in [3.05, 3.63) is 47.0 Å². The molecular formula is C16H15N3O2S2. The minimum atomic E-state index is -0.0708. The van der Waals surface area contributed by atoms with Crippen LogP contribution >= 0.6 is 23.1 Å². The number of hydrogen-bond donors (Lipinski definition) is 1. The van der Waals surface area contributed by atoms with E-state index in [0.29, 0.717) is 24.6 Å². The smallest absolute Gasteiger partial charge is 0.227 e. The Labute approximate surface area is 142 Å². The van der Waals surface area contributed by atoms with Crippen LogP contribution in [0.3, 0.4) is 0 Å². The van der Waals surface area contributed by atoms with E-state index in [9.17, 15) is 4.79 Å². The zero-order valence-electron chi connectivity index (χ0n) is 12.5. The highest BCUT2D eigenvalue weighted by molar-refractivity contribution is 7.98. The number of anilines is 1. The summed E-state index contributed by atoms with van der Waals surface area (Å²) in [5.41, 5.74) is 1.73. The number of thiophene rings is 1. The van der Waals surface area contributed by atoms with Gasteiger partial charge in [-0.15, -0.1) is 11.8 Å². The molecule has 0 bridgehead atoms.